The quantitative estimate of drug-likeness (QED) is 0.624. The van der Waals surface area contributed by atoms with Crippen LogP contribution in [0.3, 0.4) is 0 Å². The lowest BCUT2D eigenvalue weighted by Crippen LogP contribution is -2.31. The van der Waals surface area contributed by atoms with Crippen LogP contribution in [-0.4, -0.2) is 28.5 Å². The fourth-order valence-corrected chi connectivity index (χ4v) is 2.72. The lowest BCUT2D eigenvalue weighted by atomic mass is 10.1. The number of thiazole rings is 1. The summed E-state index contributed by atoms with van der Waals surface area (Å²) in [6.07, 6.45) is 1.61. The largest absolute Gasteiger partial charge is 0.383 e. The van der Waals surface area contributed by atoms with E-state index in [-0.39, 0.29) is 6.04 Å². The maximum atomic E-state index is 6.21. The summed E-state index contributed by atoms with van der Waals surface area (Å²) in [4.78, 5) is 4.45. The van der Waals surface area contributed by atoms with Gasteiger partial charge in [-0.05, 0) is 6.92 Å². The van der Waals surface area contributed by atoms with Gasteiger partial charge in [0.05, 0.1) is 40.8 Å². The van der Waals surface area contributed by atoms with Gasteiger partial charge in [0.15, 0.2) is 0 Å². The molecule has 3 N–H and O–H groups in total. The Morgan fingerprint density at radius 3 is 3.00 bits per heavy atom. The third kappa shape index (κ3) is 3.13. The monoisotopic (exact) mass is 301 g/mol. The second-order valence-electron chi connectivity index (χ2n) is 3.98. The van der Waals surface area contributed by atoms with Gasteiger partial charge in [0.2, 0.25) is 0 Å². The van der Waals surface area contributed by atoms with Crippen molar-refractivity contribution in [1.29, 1.82) is 0 Å². The molecular formula is C11H16ClN5OS. The molecule has 0 fully saturated rings. The summed E-state index contributed by atoms with van der Waals surface area (Å²) in [6.45, 7) is 3.11. The van der Waals surface area contributed by atoms with Gasteiger partial charge in [-0.3, -0.25) is 10.5 Å². The molecule has 1 atom stereocenters. The molecule has 2 heterocycles. The van der Waals surface area contributed by atoms with Gasteiger partial charge in [0, 0.05) is 12.5 Å². The van der Waals surface area contributed by atoms with Crippen molar-refractivity contribution >= 4 is 22.9 Å². The number of methoxy groups -OCH3 is 1. The summed E-state index contributed by atoms with van der Waals surface area (Å²) in [5.74, 6) is 5.66. The van der Waals surface area contributed by atoms with E-state index in [1.807, 2.05) is 12.3 Å². The summed E-state index contributed by atoms with van der Waals surface area (Å²) >= 11 is 7.78. The Morgan fingerprint density at radius 2 is 2.42 bits per heavy atom. The first-order chi connectivity index (χ1) is 9.17. The normalized spacial score (nSPS) is 12.8. The standard InChI is InChI=1S/C11H16ClN5OS/c1-7-15-9(6-19-7)10(16-13)11-8(12)5-14-17(11)3-4-18-2/h5-6,10,16H,3-4,13H2,1-2H3. The van der Waals surface area contributed by atoms with Crippen LogP contribution in [0.2, 0.25) is 5.02 Å². The number of halogens is 1. The van der Waals surface area contributed by atoms with Crippen molar-refractivity contribution in [3.63, 3.8) is 0 Å². The third-order valence-electron chi connectivity index (χ3n) is 2.71. The van der Waals surface area contributed by atoms with Crippen molar-refractivity contribution < 1.29 is 4.74 Å². The maximum absolute atomic E-state index is 6.21. The number of aromatic nitrogens is 3. The molecule has 2 aromatic heterocycles. The highest BCUT2D eigenvalue weighted by Gasteiger charge is 2.23. The predicted octanol–water partition coefficient (Wildman–Crippen LogP) is 1.50. The number of rotatable bonds is 6. The molecular weight excluding hydrogens is 286 g/mol. The highest BCUT2D eigenvalue weighted by atomic mass is 35.5. The van der Waals surface area contributed by atoms with Crippen molar-refractivity contribution in [2.45, 2.75) is 19.5 Å². The Morgan fingerprint density at radius 1 is 1.63 bits per heavy atom. The Balaban J connectivity index is 2.34. The van der Waals surface area contributed by atoms with Crippen molar-refractivity contribution in [2.75, 3.05) is 13.7 Å². The summed E-state index contributed by atoms with van der Waals surface area (Å²) < 4.78 is 6.85. The highest BCUT2D eigenvalue weighted by Crippen LogP contribution is 2.28. The molecule has 1 unspecified atom stereocenters. The van der Waals surface area contributed by atoms with Crippen molar-refractivity contribution in [3.05, 3.63) is 33.0 Å². The van der Waals surface area contributed by atoms with Gasteiger partial charge in [-0.15, -0.1) is 11.3 Å². The molecule has 6 nitrogen and oxygen atoms in total. The van der Waals surface area contributed by atoms with E-state index in [2.05, 4.69) is 15.5 Å². The smallest absolute Gasteiger partial charge is 0.107 e. The zero-order valence-electron chi connectivity index (χ0n) is 10.8. The van der Waals surface area contributed by atoms with Crippen LogP contribution in [0, 0.1) is 6.92 Å². The van der Waals surface area contributed by atoms with Gasteiger partial charge in [0.1, 0.15) is 6.04 Å². The number of hydrogen-bond acceptors (Lipinski definition) is 6. The first kappa shape index (κ1) is 14.4. The van der Waals surface area contributed by atoms with Crippen LogP contribution < -0.4 is 11.3 Å². The highest BCUT2D eigenvalue weighted by molar-refractivity contribution is 7.09. The Bertz CT molecular complexity index is 541. The molecule has 0 amide bonds. The van der Waals surface area contributed by atoms with Gasteiger partial charge in [-0.1, -0.05) is 11.6 Å². The first-order valence-corrected chi connectivity index (χ1v) is 7.01. The minimum absolute atomic E-state index is 0.281. The Hall–Kier alpha value is -0.990. The first-order valence-electron chi connectivity index (χ1n) is 5.75. The summed E-state index contributed by atoms with van der Waals surface area (Å²) in [5, 5.41) is 7.74. The van der Waals surface area contributed by atoms with E-state index in [9.17, 15) is 0 Å². The fourth-order valence-electron chi connectivity index (χ4n) is 1.83. The van der Waals surface area contributed by atoms with Gasteiger partial charge >= 0.3 is 0 Å². The SMILES string of the molecule is COCCn1ncc(Cl)c1C(NN)c1csc(C)n1. The predicted molar refractivity (Wildman–Crippen MR) is 75.1 cm³/mol. The molecule has 0 radical (unpaired) electrons. The van der Waals surface area contributed by atoms with Gasteiger partial charge in [-0.25, -0.2) is 10.4 Å². The van der Waals surface area contributed by atoms with E-state index in [1.165, 1.54) is 0 Å². The summed E-state index contributed by atoms with van der Waals surface area (Å²) in [5.41, 5.74) is 4.39. The van der Waals surface area contributed by atoms with Gasteiger partial charge < -0.3 is 4.74 Å². The average Bonchev–Trinajstić information content (AvgIpc) is 2.97. The third-order valence-corrected chi connectivity index (χ3v) is 3.80. The average molecular weight is 302 g/mol. The minimum atomic E-state index is -0.281. The van der Waals surface area contributed by atoms with Crippen LogP contribution in [0.4, 0.5) is 0 Å². The summed E-state index contributed by atoms with van der Waals surface area (Å²) in [7, 11) is 1.65. The zero-order chi connectivity index (χ0) is 13.8. The molecule has 0 saturated carbocycles. The molecule has 2 rings (SSSR count). The zero-order valence-corrected chi connectivity index (χ0v) is 12.3. The van der Waals surface area contributed by atoms with E-state index < -0.39 is 0 Å². The van der Waals surface area contributed by atoms with E-state index in [0.717, 1.165) is 16.4 Å². The van der Waals surface area contributed by atoms with E-state index in [0.29, 0.717) is 18.2 Å². The van der Waals surface area contributed by atoms with Crippen molar-refractivity contribution in [3.8, 4) is 0 Å². The van der Waals surface area contributed by atoms with E-state index in [4.69, 9.17) is 22.2 Å². The molecule has 0 aliphatic rings. The summed E-state index contributed by atoms with van der Waals surface area (Å²) in [6, 6.07) is -0.281. The molecule has 0 spiro atoms. The molecule has 8 heteroatoms. The van der Waals surface area contributed by atoms with E-state index in [1.54, 1.807) is 29.3 Å². The second-order valence-corrected chi connectivity index (χ2v) is 5.45. The second kappa shape index (κ2) is 6.44. The Labute approximate surface area is 120 Å². The number of hydrogen-bond donors (Lipinski definition) is 2. The molecule has 0 aromatic carbocycles. The van der Waals surface area contributed by atoms with Crippen LogP contribution in [0.1, 0.15) is 22.4 Å². The lowest BCUT2D eigenvalue weighted by molar-refractivity contribution is 0.182. The number of nitrogens with two attached hydrogens (primary N) is 1. The lowest BCUT2D eigenvalue weighted by Gasteiger charge is -2.16. The maximum Gasteiger partial charge on any atom is 0.107 e. The number of nitrogens with one attached hydrogen (secondary N) is 1. The number of aryl methyl sites for hydroxylation is 1. The van der Waals surface area contributed by atoms with Crippen LogP contribution in [-0.2, 0) is 11.3 Å². The number of nitrogens with zero attached hydrogens (tertiary/aromatic N) is 3. The number of ether oxygens (including phenoxy) is 1. The topological polar surface area (TPSA) is 78.0 Å². The van der Waals surface area contributed by atoms with Crippen LogP contribution in [0.5, 0.6) is 0 Å². The van der Waals surface area contributed by atoms with Crippen LogP contribution >= 0.6 is 22.9 Å². The van der Waals surface area contributed by atoms with Crippen LogP contribution in [0.15, 0.2) is 11.6 Å². The molecule has 0 saturated heterocycles. The number of hydrazine groups is 1. The molecule has 104 valence electrons. The van der Waals surface area contributed by atoms with E-state index >= 15 is 0 Å². The Kier molecular flexibility index (Phi) is 4.89. The molecule has 19 heavy (non-hydrogen) atoms. The van der Waals surface area contributed by atoms with Gasteiger partial charge in [-0.2, -0.15) is 5.10 Å². The molecule has 0 bridgehead atoms. The molecule has 0 aliphatic carbocycles. The van der Waals surface area contributed by atoms with Crippen molar-refractivity contribution in [2.24, 2.45) is 5.84 Å². The van der Waals surface area contributed by atoms with Gasteiger partial charge in [0.25, 0.3) is 0 Å². The van der Waals surface area contributed by atoms with Crippen molar-refractivity contribution in [1.82, 2.24) is 20.2 Å². The van der Waals surface area contributed by atoms with Crippen LogP contribution in [0.25, 0.3) is 0 Å². The fraction of sp³-hybridized carbons (Fsp3) is 0.455. The minimum Gasteiger partial charge on any atom is -0.383 e. The molecule has 0 aliphatic heterocycles. The molecule has 2 aromatic rings.